The SMILES string of the molecule is Cc1nccnc1N1N=C(c2ccc(-c3ccccc3)cc2)CC1C(=O)N1CC(CF)C1. The Morgan fingerprint density at radius 2 is 1.62 bits per heavy atom. The molecule has 162 valence electrons. The second-order valence-electron chi connectivity index (χ2n) is 8.28. The normalized spacial score (nSPS) is 18.4. The van der Waals surface area contributed by atoms with Gasteiger partial charge in [0.2, 0.25) is 5.91 Å². The number of anilines is 1. The highest BCUT2D eigenvalue weighted by Crippen LogP contribution is 2.30. The zero-order valence-corrected chi connectivity index (χ0v) is 17.9. The summed E-state index contributed by atoms with van der Waals surface area (Å²) in [6, 6.07) is 17.9. The Kier molecular flexibility index (Phi) is 5.39. The third-order valence-corrected chi connectivity index (χ3v) is 6.08. The lowest BCUT2D eigenvalue weighted by Crippen LogP contribution is -2.56. The van der Waals surface area contributed by atoms with Gasteiger partial charge in [0.15, 0.2) is 5.82 Å². The number of amides is 1. The average molecular weight is 429 g/mol. The van der Waals surface area contributed by atoms with Crippen molar-refractivity contribution in [3.05, 3.63) is 78.2 Å². The van der Waals surface area contributed by atoms with E-state index >= 15 is 0 Å². The van der Waals surface area contributed by atoms with Crippen LogP contribution in [0.3, 0.4) is 0 Å². The van der Waals surface area contributed by atoms with Crippen molar-refractivity contribution < 1.29 is 9.18 Å². The Morgan fingerprint density at radius 1 is 0.969 bits per heavy atom. The third-order valence-electron chi connectivity index (χ3n) is 6.08. The second kappa shape index (κ2) is 8.49. The van der Waals surface area contributed by atoms with Gasteiger partial charge in [-0.05, 0) is 23.6 Å². The van der Waals surface area contributed by atoms with E-state index in [4.69, 9.17) is 5.10 Å². The largest absolute Gasteiger partial charge is 0.340 e. The maximum absolute atomic E-state index is 13.2. The van der Waals surface area contributed by atoms with Crippen molar-refractivity contribution in [1.82, 2.24) is 14.9 Å². The standard InChI is InChI=1S/C25H24FN5O/c1-17-24(28-12-11-27-17)31-23(25(32)30-15-18(14-26)16-30)13-22(29-31)21-9-7-20(8-10-21)19-5-3-2-4-6-19/h2-12,18,23H,13-16H2,1H3. The fourth-order valence-electron chi connectivity index (χ4n) is 4.24. The van der Waals surface area contributed by atoms with E-state index in [1.807, 2.05) is 37.3 Å². The highest BCUT2D eigenvalue weighted by molar-refractivity contribution is 6.07. The maximum atomic E-state index is 13.2. The van der Waals surface area contributed by atoms with E-state index in [1.54, 1.807) is 22.3 Å². The topological polar surface area (TPSA) is 61.7 Å². The highest BCUT2D eigenvalue weighted by Gasteiger charge is 2.41. The van der Waals surface area contributed by atoms with E-state index in [1.165, 1.54) is 0 Å². The van der Waals surface area contributed by atoms with Crippen LogP contribution in [-0.2, 0) is 4.79 Å². The molecule has 1 atom stereocenters. The van der Waals surface area contributed by atoms with Crippen LogP contribution in [0.1, 0.15) is 17.7 Å². The van der Waals surface area contributed by atoms with Gasteiger partial charge in [-0.3, -0.25) is 14.2 Å². The summed E-state index contributed by atoms with van der Waals surface area (Å²) in [5.41, 5.74) is 4.78. The second-order valence-corrected chi connectivity index (χ2v) is 8.28. The first-order valence-electron chi connectivity index (χ1n) is 10.8. The lowest BCUT2D eigenvalue weighted by molar-refractivity contribution is -0.139. The smallest absolute Gasteiger partial charge is 0.247 e. The van der Waals surface area contributed by atoms with Gasteiger partial charge < -0.3 is 4.90 Å². The molecule has 1 fully saturated rings. The molecule has 0 saturated carbocycles. The lowest BCUT2D eigenvalue weighted by Gasteiger charge is -2.40. The number of aromatic nitrogens is 2. The zero-order chi connectivity index (χ0) is 22.1. The molecule has 1 aromatic heterocycles. The first-order valence-corrected chi connectivity index (χ1v) is 10.8. The van der Waals surface area contributed by atoms with Crippen LogP contribution in [0.2, 0.25) is 0 Å². The summed E-state index contributed by atoms with van der Waals surface area (Å²) < 4.78 is 12.9. The van der Waals surface area contributed by atoms with E-state index in [9.17, 15) is 9.18 Å². The van der Waals surface area contributed by atoms with Crippen LogP contribution in [0.5, 0.6) is 0 Å². The molecular weight excluding hydrogens is 405 g/mol. The summed E-state index contributed by atoms with van der Waals surface area (Å²) in [6.45, 7) is 2.38. The molecule has 0 bridgehead atoms. The molecule has 32 heavy (non-hydrogen) atoms. The maximum Gasteiger partial charge on any atom is 0.247 e. The molecule has 3 heterocycles. The zero-order valence-electron chi connectivity index (χ0n) is 17.9. The minimum atomic E-state index is -0.505. The molecule has 0 radical (unpaired) electrons. The van der Waals surface area contributed by atoms with E-state index in [0.29, 0.717) is 31.0 Å². The average Bonchev–Trinajstić information content (AvgIpc) is 3.24. The minimum absolute atomic E-state index is 0.0422. The van der Waals surface area contributed by atoms with Crippen LogP contribution in [0, 0.1) is 12.8 Å². The molecule has 0 spiro atoms. The predicted molar refractivity (Wildman–Crippen MR) is 122 cm³/mol. The van der Waals surface area contributed by atoms with Gasteiger partial charge in [0, 0.05) is 37.8 Å². The predicted octanol–water partition coefficient (Wildman–Crippen LogP) is 3.86. The molecule has 2 aromatic carbocycles. The fraction of sp³-hybridized carbons (Fsp3) is 0.280. The van der Waals surface area contributed by atoms with E-state index in [2.05, 4.69) is 34.2 Å². The molecule has 3 aromatic rings. The fourth-order valence-corrected chi connectivity index (χ4v) is 4.24. The number of rotatable bonds is 5. The van der Waals surface area contributed by atoms with E-state index in [0.717, 1.165) is 22.4 Å². The number of nitrogens with zero attached hydrogens (tertiary/aromatic N) is 5. The summed E-state index contributed by atoms with van der Waals surface area (Å²) in [4.78, 5) is 23.7. The van der Waals surface area contributed by atoms with Gasteiger partial charge in [-0.2, -0.15) is 5.10 Å². The number of hydrogen-bond acceptors (Lipinski definition) is 5. The molecule has 2 aliphatic heterocycles. The molecule has 6 nitrogen and oxygen atoms in total. The molecule has 1 saturated heterocycles. The molecular formula is C25H24FN5O. The van der Waals surface area contributed by atoms with Crippen LogP contribution in [0.15, 0.2) is 72.1 Å². The molecule has 5 rings (SSSR count). The van der Waals surface area contributed by atoms with Gasteiger partial charge in [-0.25, -0.2) is 9.99 Å². The van der Waals surface area contributed by atoms with Gasteiger partial charge in [0.1, 0.15) is 6.04 Å². The van der Waals surface area contributed by atoms with Crippen molar-refractivity contribution in [2.24, 2.45) is 11.0 Å². The number of aryl methyl sites for hydroxylation is 1. The summed E-state index contributed by atoms with van der Waals surface area (Å²) in [5, 5.41) is 6.49. The van der Waals surface area contributed by atoms with Crippen molar-refractivity contribution in [3.63, 3.8) is 0 Å². The summed E-state index contributed by atoms with van der Waals surface area (Å²) in [7, 11) is 0. The molecule has 0 N–H and O–H groups in total. The monoisotopic (exact) mass is 429 g/mol. The number of benzene rings is 2. The third kappa shape index (κ3) is 3.75. The van der Waals surface area contributed by atoms with Crippen molar-refractivity contribution in [1.29, 1.82) is 0 Å². The van der Waals surface area contributed by atoms with E-state index < -0.39 is 12.7 Å². The number of carbonyl (C=O) groups excluding carboxylic acids is 1. The van der Waals surface area contributed by atoms with Gasteiger partial charge in [-0.15, -0.1) is 0 Å². The van der Waals surface area contributed by atoms with Crippen molar-refractivity contribution in [2.45, 2.75) is 19.4 Å². The number of alkyl halides is 1. The van der Waals surface area contributed by atoms with Crippen LogP contribution in [0.25, 0.3) is 11.1 Å². The Morgan fingerprint density at radius 3 is 2.31 bits per heavy atom. The Balaban J connectivity index is 1.43. The summed E-state index contributed by atoms with van der Waals surface area (Å²) >= 11 is 0. The van der Waals surface area contributed by atoms with Crippen molar-refractivity contribution in [2.75, 3.05) is 24.8 Å². The summed E-state index contributed by atoms with van der Waals surface area (Å²) in [6.07, 6.45) is 3.70. The Hall–Kier alpha value is -3.61. The highest BCUT2D eigenvalue weighted by atomic mass is 19.1. The number of hydrazone groups is 1. The Labute approximate surface area is 186 Å². The van der Waals surface area contributed by atoms with Gasteiger partial charge in [0.25, 0.3) is 0 Å². The number of hydrogen-bond donors (Lipinski definition) is 0. The molecule has 0 aliphatic carbocycles. The van der Waals surface area contributed by atoms with Crippen LogP contribution in [-0.4, -0.2) is 52.3 Å². The number of likely N-dealkylation sites (tertiary alicyclic amines) is 1. The first kappa shape index (κ1) is 20.3. The number of carbonyl (C=O) groups is 1. The van der Waals surface area contributed by atoms with Gasteiger partial charge >= 0.3 is 0 Å². The molecule has 1 unspecified atom stereocenters. The van der Waals surface area contributed by atoms with Gasteiger partial charge in [-0.1, -0.05) is 54.6 Å². The lowest BCUT2D eigenvalue weighted by atomic mass is 9.97. The molecule has 2 aliphatic rings. The quantitative estimate of drug-likeness (QED) is 0.618. The van der Waals surface area contributed by atoms with E-state index in [-0.39, 0.29) is 11.8 Å². The molecule has 1 amide bonds. The van der Waals surface area contributed by atoms with Gasteiger partial charge in [0.05, 0.1) is 18.1 Å². The minimum Gasteiger partial charge on any atom is -0.340 e. The Bertz CT molecular complexity index is 1140. The van der Waals surface area contributed by atoms with Crippen molar-refractivity contribution >= 4 is 17.4 Å². The summed E-state index contributed by atoms with van der Waals surface area (Å²) in [5.74, 6) is 0.474. The molecule has 7 heteroatoms. The van der Waals surface area contributed by atoms with Crippen molar-refractivity contribution in [3.8, 4) is 11.1 Å². The first-order chi connectivity index (χ1) is 15.6. The van der Waals surface area contributed by atoms with Crippen LogP contribution >= 0.6 is 0 Å². The van der Waals surface area contributed by atoms with Crippen LogP contribution < -0.4 is 5.01 Å². The number of halogens is 1. The van der Waals surface area contributed by atoms with Crippen LogP contribution in [0.4, 0.5) is 10.2 Å².